The maximum Gasteiger partial charge on any atom is 0.145 e. The van der Waals surface area contributed by atoms with Crippen molar-refractivity contribution in [3.8, 4) is 0 Å². The maximum absolute atomic E-state index is 5.52. The molecule has 5 heteroatoms. The molecular formula is C15H27N5. The van der Waals surface area contributed by atoms with Crippen molar-refractivity contribution in [3.63, 3.8) is 0 Å². The molecule has 20 heavy (non-hydrogen) atoms. The van der Waals surface area contributed by atoms with Crippen molar-refractivity contribution in [1.82, 2.24) is 9.97 Å². The number of hydrogen-bond acceptors (Lipinski definition) is 5. The Morgan fingerprint density at radius 1 is 1.35 bits per heavy atom. The summed E-state index contributed by atoms with van der Waals surface area (Å²) in [4.78, 5) is 11.5. The first kappa shape index (κ1) is 15.0. The van der Waals surface area contributed by atoms with Crippen molar-refractivity contribution in [2.24, 2.45) is 11.8 Å². The molecule has 0 saturated carbocycles. The molecule has 0 atom stereocenters. The summed E-state index contributed by atoms with van der Waals surface area (Å²) in [5.41, 5.74) is 2.65. The van der Waals surface area contributed by atoms with Gasteiger partial charge in [0.2, 0.25) is 0 Å². The fraction of sp³-hybridized carbons (Fsp3) is 0.733. The molecule has 0 unspecified atom stereocenters. The molecule has 5 nitrogen and oxygen atoms in total. The van der Waals surface area contributed by atoms with E-state index in [0.29, 0.717) is 11.7 Å². The van der Waals surface area contributed by atoms with Crippen LogP contribution in [0.25, 0.3) is 0 Å². The second-order valence-electron chi connectivity index (χ2n) is 5.99. The van der Waals surface area contributed by atoms with Gasteiger partial charge in [0.15, 0.2) is 0 Å². The Morgan fingerprint density at radius 2 is 2.05 bits per heavy atom. The van der Waals surface area contributed by atoms with Crippen molar-refractivity contribution < 1.29 is 0 Å². The lowest BCUT2D eigenvalue weighted by molar-refractivity contribution is 0.377. The highest BCUT2D eigenvalue weighted by Gasteiger charge is 2.20. The van der Waals surface area contributed by atoms with Gasteiger partial charge < -0.3 is 10.3 Å². The SMILES string of the molecule is CCCC1CCN(c2cc(NN)nc(C(C)C)n2)CC1. The van der Waals surface area contributed by atoms with Gasteiger partial charge in [0.1, 0.15) is 17.5 Å². The van der Waals surface area contributed by atoms with Gasteiger partial charge in [0.25, 0.3) is 0 Å². The largest absolute Gasteiger partial charge is 0.356 e. The lowest BCUT2D eigenvalue weighted by Crippen LogP contribution is -2.34. The Labute approximate surface area is 121 Å². The molecule has 1 fully saturated rings. The van der Waals surface area contributed by atoms with Gasteiger partial charge in [-0.25, -0.2) is 15.8 Å². The maximum atomic E-state index is 5.52. The molecule has 0 bridgehead atoms. The van der Waals surface area contributed by atoms with Gasteiger partial charge in [0, 0.05) is 25.1 Å². The van der Waals surface area contributed by atoms with E-state index in [9.17, 15) is 0 Å². The predicted octanol–water partition coefficient (Wildman–Crippen LogP) is 2.90. The second-order valence-corrected chi connectivity index (χ2v) is 5.99. The average molecular weight is 277 g/mol. The highest BCUT2D eigenvalue weighted by atomic mass is 15.3. The molecule has 1 aliphatic heterocycles. The summed E-state index contributed by atoms with van der Waals surface area (Å²) in [7, 11) is 0. The molecule has 0 aromatic carbocycles. The van der Waals surface area contributed by atoms with E-state index < -0.39 is 0 Å². The number of nitrogens with one attached hydrogen (secondary N) is 1. The van der Waals surface area contributed by atoms with Crippen LogP contribution in [0.1, 0.15) is 58.2 Å². The Kier molecular flexibility index (Phi) is 5.17. The minimum atomic E-state index is 0.305. The molecule has 3 N–H and O–H groups in total. The number of nitrogens with two attached hydrogens (primary N) is 1. The third-order valence-electron chi connectivity index (χ3n) is 4.03. The van der Waals surface area contributed by atoms with E-state index in [-0.39, 0.29) is 0 Å². The van der Waals surface area contributed by atoms with E-state index in [0.717, 1.165) is 30.6 Å². The lowest BCUT2D eigenvalue weighted by Gasteiger charge is -2.33. The molecule has 112 valence electrons. The normalized spacial score (nSPS) is 16.8. The van der Waals surface area contributed by atoms with Crippen LogP contribution in [0, 0.1) is 5.92 Å². The van der Waals surface area contributed by atoms with Crippen molar-refractivity contribution in [2.45, 2.75) is 52.4 Å². The minimum Gasteiger partial charge on any atom is -0.356 e. The first-order chi connectivity index (χ1) is 9.63. The minimum absolute atomic E-state index is 0.305. The smallest absolute Gasteiger partial charge is 0.145 e. The van der Waals surface area contributed by atoms with Gasteiger partial charge in [-0.15, -0.1) is 0 Å². The molecule has 0 spiro atoms. The fourth-order valence-electron chi connectivity index (χ4n) is 2.81. The lowest BCUT2D eigenvalue weighted by atomic mass is 9.92. The molecular weight excluding hydrogens is 250 g/mol. The summed E-state index contributed by atoms with van der Waals surface area (Å²) in [6.07, 6.45) is 5.17. The first-order valence-electron chi connectivity index (χ1n) is 7.74. The predicted molar refractivity (Wildman–Crippen MR) is 83.8 cm³/mol. The van der Waals surface area contributed by atoms with Gasteiger partial charge in [-0.2, -0.15) is 0 Å². The number of piperidine rings is 1. The molecule has 1 aromatic heterocycles. The molecule has 0 amide bonds. The van der Waals surface area contributed by atoms with E-state index >= 15 is 0 Å². The number of hydrogen-bond donors (Lipinski definition) is 2. The zero-order valence-corrected chi connectivity index (χ0v) is 12.9. The van der Waals surface area contributed by atoms with Crippen LogP contribution in [0.15, 0.2) is 6.07 Å². The van der Waals surface area contributed by atoms with Crippen LogP contribution in [0.2, 0.25) is 0 Å². The van der Waals surface area contributed by atoms with Crippen LogP contribution in [-0.4, -0.2) is 23.1 Å². The average Bonchev–Trinajstić information content (AvgIpc) is 2.47. The number of aromatic nitrogens is 2. The Hall–Kier alpha value is -1.36. The van der Waals surface area contributed by atoms with Crippen LogP contribution in [0.5, 0.6) is 0 Å². The summed E-state index contributed by atoms with van der Waals surface area (Å²) in [5, 5.41) is 0. The van der Waals surface area contributed by atoms with E-state index in [4.69, 9.17) is 10.8 Å². The summed E-state index contributed by atoms with van der Waals surface area (Å²) >= 11 is 0. The van der Waals surface area contributed by atoms with Crippen LogP contribution >= 0.6 is 0 Å². The van der Waals surface area contributed by atoms with Crippen molar-refractivity contribution >= 4 is 11.6 Å². The zero-order chi connectivity index (χ0) is 14.5. The van der Waals surface area contributed by atoms with E-state index in [1.807, 2.05) is 6.07 Å². The zero-order valence-electron chi connectivity index (χ0n) is 12.9. The van der Waals surface area contributed by atoms with Gasteiger partial charge in [-0.3, -0.25) is 0 Å². The molecule has 2 heterocycles. The summed E-state index contributed by atoms with van der Waals surface area (Å²) < 4.78 is 0. The van der Waals surface area contributed by atoms with Crippen molar-refractivity contribution in [2.75, 3.05) is 23.4 Å². The number of nitrogens with zero attached hydrogens (tertiary/aromatic N) is 3. The monoisotopic (exact) mass is 277 g/mol. The van der Waals surface area contributed by atoms with Gasteiger partial charge in [-0.05, 0) is 18.8 Å². The summed E-state index contributed by atoms with van der Waals surface area (Å²) in [6.45, 7) is 8.65. The highest BCUT2D eigenvalue weighted by Crippen LogP contribution is 2.26. The third kappa shape index (κ3) is 3.60. The van der Waals surface area contributed by atoms with Gasteiger partial charge >= 0.3 is 0 Å². The molecule has 1 aromatic rings. The van der Waals surface area contributed by atoms with Gasteiger partial charge in [0.05, 0.1) is 0 Å². The molecule has 0 aliphatic carbocycles. The summed E-state index contributed by atoms with van der Waals surface area (Å²) in [6, 6.07) is 1.95. The van der Waals surface area contributed by atoms with E-state index in [1.54, 1.807) is 0 Å². The Balaban J connectivity index is 2.10. The Morgan fingerprint density at radius 3 is 2.60 bits per heavy atom. The fourth-order valence-corrected chi connectivity index (χ4v) is 2.81. The second kappa shape index (κ2) is 6.88. The molecule has 1 aliphatic rings. The molecule has 0 radical (unpaired) electrons. The topological polar surface area (TPSA) is 67.1 Å². The van der Waals surface area contributed by atoms with Crippen molar-refractivity contribution in [1.29, 1.82) is 0 Å². The standard InChI is InChI=1S/C15H27N5/c1-4-5-12-6-8-20(9-7-12)14-10-13(19-16)17-15(18-14)11(2)3/h10-12H,4-9,16H2,1-3H3,(H,17,18,19). The number of rotatable bonds is 5. The van der Waals surface area contributed by atoms with E-state index in [1.165, 1.54) is 25.7 Å². The molecule has 1 saturated heterocycles. The first-order valence-corrected chi connectivity index (χ1v) is 7.74. The Bertz CT molecular complexity index is 424. The number of anilines is 2. The van der Waals surface area contributed by atoms with Crippen LogP contribution in [-0.2, 0) is 0 Å². The molecule has 2 rings (SSSR count). The number of hydrazine groups is 1. The van der Waals surface area contributed by atoms with Gasteiger partial charge in [-0.1, -0.05) is 33.6 Å². The van der Waals surface area contributed by atoms with Crippen molar-refractivity contribution in [3.05, 3.63) is 11.9 Å². The number of nitrogen functional groups attached to an aromatic ring is 1. The van der Waals surface area contributed by atoms with E-state index in [2.05, 4.69) is 36.1 Å². The third-order valence-corrected chi connectivity index (χ3v) is 4.03. The summed E-state index contributed by atoms with van der Waals surface area (Å²) in [5.74, 6) is 9.27. The highest BCUT2D eigenvalue weighted by molar-refractivity contribution is 5.49. The quantitative estimate of drug-likeness (QED) is 0.640. The van der Waals surface area contributed by atoms with Crippen LogP contribution < -0.4 is 16.2 Å². The van der Waals surface area contributed by atoms with Crippen LogP contribution in [0.3, 0.4) is 0 Å². The van der Waals surface area contributed by atoms with Crippen LogP contribution in [0.4, 0.5) is 11.6 Å².